The van der Waals surface area contributed by atoms with E-state index in [1.165, 1.54) is 0 Å². The van der Waals surface area contributed by atoms with Gasteiger partial charge in [-0.15, -0.1) is 0 Å². The van der Waals surface area contributed by atoms with Crippen LogP contribution in [-0.2, 0) is 14.4 Å². The zero-order valence-electron chi connectivity index (χ0n) is 12.1. The quantitative estimate of drug-likeness (QED) is 0.642. The van der Waals surface area contributed by atoms with Gasteiger partial charge in [-0.05, 0) is 11.8 Å². The molecule has 0 saturated carbocycles. The smallest absolute Gasteiger partial charge is 0.326 e. The van der Waals surface area contributed by atoms with Crippen molar-refractivity contribution >= 4 is 17.8 Å². The molecule has 0 aromatic carbocycles. The van der Waals surface area contributed by atoms with Crippen LogP contribution in [0.1, 0.15) is 47.0 Å². The first-order valence-electron chi connectivity index (χ1n) is 6.44. The summed E-state index contributed by atoms with van der Waals surface area (Å²) < 4.78 is 0. The second-order valence-corrected chi connectivity index (χ2v) is 5.76. The molecule has 0 aromatic rings. The van der Waals surface area contributed by atoms with Crippen LogP contribution in [0.4, 0.5) is 0 Å². The minimum Gasteiger partial charge on any atom is -0.480 e. The molecule has 6 nitrogen and oxygen atoms in total. The summed E-state index contributed by atoms with van der Waals surface area (Å²) in [7, 11) is 0. The van der Waals surface area contributed by atoms with Crippen LogP contribution in [-0.4, -0.2) is 35.5 Å². The number of hydrogen-bond acceptors (Lipinski definition) is 3. The first kappa shape index (κ1) is 17.4. The molecule has 1 unspecified atom stereocenters. The Balaban J connectivity index is 4.11. The summed E-state index contributed by atoms with van der Waals surface area (Å²) in [6, 6.07) is -0.892. The number of carboxylic acid groups (broad SMARTS) is 1. The number of amides is 2. The van der Waals surface area contributed by atoms with Crippen molar-refractivity contribution in [3.05, 3.63) is 0 Å². The molecule has 0 aliphatic rings. The first-order valence-corrected chi connectivity index (χ1v) is 6.44. The summed E-state index contributed by atoms with van der Waals surface area (Å²) >= 11 is 0. The lowest BCUT2D eigenvalue weighted by Crippen LogP contribution is -2.45. The molecule has 19 heavy (non-hydrogen) atoms. The Morgan fingerprint density at radius 1 is 1.16 bits per heavy atom. The van der Waals surface area contributed by atoms with E-state index in [-0.39, 0.29) is 17.9 Å². The van der Waals surface area contributed by atoms with Gasteiger partial charge in [0.2, 0.25) is 11.8 Å². The van der Waals surface area contributed by atoms with E-state index in [2.05, 4.69) is 10.6 Å². The Labute approximate surface area is 113 Å². The number of rotatable bonds is 7. The lowest BCUT2D eigenvalue weighted by atomic mass is 9.92. The number of aliphatic carboxylic acids is 1. The topological polar surface area (TPSA) is 95.5 Å². The van der Waals surface area contributed by atoms with Crippen molar-refractivity contribution in [2.45, 2.75) is 53.0 Å². The average Bonchev–Trinajstić information content (AvgIpc) is 2.23. The predicted molar refractivity (Wildman–Crippen MR) is 71.6 cm³/mol. The minimum atomic E-state index is -1.06. The van der Waals surface area contributed by atoms with Crippen molar-refractivity contribution in [1.29, 1.82) is 0 Å². The van der Waals surface area contributed by atoms with Crippen LogP contribution in [0.2, 0.25) is 0 Å². The third-order valence-corrected chi connectivity index (χ3v) is 2.35. The lowest BCUT2D eigenvalue weighted by molar-refractivity contribution is -0.141. The largest absolute Gasteiger partial charge is 0.480 e. The molecule has 0 fully saturated rings. The highest BCUT2D eigenvalue weighted by Gasteiger charge is 2.20. The van der Waals surface area contributed by atoms with Gasteiger partial charge in [0.15, 0.2) is 0 Å². The zero-order valence-corrected chi connectivity index (χ0v) is 12.1. The van der Waals surface area contributed by atoms with Crippen LogP contribution in [0.3, 0.4) is 0 Å². The molecule has 3 N–H and O–H groups in total. The monoisotopic (exact) mass is 272 g/mol. The molecule has 0 spiro atoms. The Hall–Kier alpha value is -1.59. The Kier molecular flexibility index (Phi) is 7.11. The summed E-state index contributed by atoms with van der Waals surface area (Å²) in [6.45, 7) is 7.42. The minimum absolute atomic E-state index is 0.146. The van der Waals surface area contributed by atoms with Crippen molar-refractivity contribution in [1.82, 2.24) is 10.6 Å². The van der Waals surface area contributed by atoms with E-state index >= 15 is 0 Å². The Morgan fingerprint density at radius 2 is 1.74 bits per heavy atom. The van der Waals surface area contributed by atoms with Gasteiger partial charge >= 0.3 is 5.97 Å². The summed E-state index contributed by atoms with van der Waals surface area (Å²) in [5.41, 5.74) is -0.146. The van der Waals surface area contributed by atoms with Gasteiger partial charge in [0.1, 0.15) is 6.04 Å². The molecule has 0 saturated heterocycles. The molecule has 6 heteroatoms. The van der Waals surface area contributed by atoms with Crippen LogP contribution in [0.25, 0.3) is 0 Å². The van der Waals surface area contributed by atoms with Crippen LogP contribution in [0.5, 0.6) is 0 Å². The molecule has 0 heterocycles. The maximum atomic E-state index is 11.5. The number of carboxylic acids is 1. The molecule has 110 valence electrons. The summed E-state index contributed by atoms with van der Waals surface area (Å²) in [6.07, 6.45) is 1.35. The van der Waals surface area contributed by atoms with E-state index in [1.54, 1.807) is 0 Å². The highest BCUT2D eigenvalue weighted by atomic mass is 16.4. The van der Waals surface area contributed by atoms with Crippen molar-refractivity contribution in [3.63, 3.8) is 0 Å². The van der Waals surface area contributed by atoms with Crippen molar-refractivity contribution in [2.75, 3.05) is 6.54 Å². The highest BCUT2D eigenvalue weighted by Crippen LogP contribution is 2.17. The highest BCUT2D eigenvalue weighted by molar-refractivity contribution is 5.87. The third-order valence-electron chi connectivity index (χ3n) is 2.35. The van der Waals surface area contributed by atoms with E-state index in [4.69, 9.17) is 5.11 Å². The van der Waals surface area contributed by atoms with E-state index in [0.29, 0.717) is 19.3 Å². The molecule has 0 aromatic heterocycles. The standard InChI is InChI=1S/C13H24N2O4/c1-5-6-9(12(18)19)15-11(17)8-14-10(16)7-13(2,3)4/h9H,5-8H2,1-4H3,(H,14,16)(H,15,17)(H,18,19). The van der Waals surface area contributed by atoms with Gasteiger partial charge in [0.05, 0.1) is 6.54 Å². The van der Waals surface area contributed by atoms with Gasteiger partial charge in [-0.1, -0.05) is 34.1 Å². The number of carbonyl (C=O) groups excluding carboxylic acids is 2. The van der Waals surface area contributed by atoms with Gasteiger partial charge in [-0.2, -0.15) is 0 Å². The van der Waals surface area contributed by atoms with Gasteiger partial charge < -0.3 is 15.7 Å². The van der Waals surface area contributed by atoms with Crippen molar-refractivity contribution in [2.24, 2.45) is 5.41 Å². The Morgan fingerprint density at radius 3 is 2.16 bits per heavy atom. The van der Waals surface area contributed by atoms with Gasteiger partial charge in [0.25, 0.3) is 0 Å². The van der Waals surface area contributed by atoms with Crippen LogP contribution >= 0.6 is 0 Å². The van der Waals surface area contributed by atoms with E-state index in [1.807, 2.05) is 27.7 Å². The average molecular weight is 272 g/mol. The molecule has 1 atom stereocenters. The molecule has 0 bridgehead atoms. The summed E-state index contributed by atoms with van der Waals surface area (Å²) in [5, 5.41) is 13.7. The molecule has 0 aliphatic heterocycles. The number of carbonyl (C=O) groups is 3. The zero-order chi connectivity index (χ0) is 15.1. The summed E-state index contributed by atoms with van der Waals surface area (Å²) in [5.74, 6) is -1.76. The number of hydrogen-bond donors (Lipinski definition) is 3. The second-order valence-electron chi connectivity index (χ2n) is 5.76. The Bertz CT molecular complexity index is 334. The number of nitrogens with one attached hydrogen (secondary N) is 2. The van der Waals surface area contributed by atoms with E-state index < -0.39 is 17.9 Å². The molecule has 0 rings (SSSR count). The molecular weight excluding hydrogens is 248 g/mol. The maximum absolute atomic E-state index is 11.5. The maximum Gasteiger partial charge on any atom is 0.326 e. The molecule has 0 aliphatic carbocycles. The van der Waals surface area contributed by atoms with Crippen LogP contribution in [0, 0.1) is 5.41 Å². The SMILES string of the molecule is CCCC(NC(=O)CNC(=O)CC(C)(C)C)C(=O)O. The molecule has 2 amide bonds. The van der Waals surface area contributed by atoms with Crippen LogP contribution < -0.4 is 10.6 Å². The fourth-order valence-electron chi connectivity index (χ4n) is 1.51. The normalized spacial score (nSPS) is 12.6. The van der Waals surface area contributed by atoms with Gasteiger partial charge in [0, 0.05) is 6.42 Å². The molecule has 0 radical (unpaired) electrons. The fourth-order valence-corrected chi connectivity index (χ4v) is 1.51. The predicted octanol–water partition coefficient (Wildman–Crippen LogP) is 0.908. The van der Waals surface area contributed by atoms with Crippen molar-refractivity contribution in [3.8, 4) is 0 Å². The van der Waals surface area contributed by atoms with Gasteiger partial charge in [-0.3, -0.25) is 9.59 Å². The van der Waals surface area contributed by atoms with Crippen LogP contribution in [0.15, 0.2) is 0 Å². The molecular formula is C13H24N2O4. The van der Waals surface area contributed by atoms with Crippen molar-refractivity contribution < 1.29 is 19.5 Å². The van der Waals surface area contributed by atoms with E-state index in [0.717, 1.165) is 0 Å². The lowest BCUT2D eigenvalue weighted by Gasteiger charge is -2.18. The second kappa shape index (κ2) is 7.76. The van der Waals surface area contributed by atoms with Gasteiger partial charge in [-0.25, -0.2) is 4.79 Å². The van der Waals surface area contributed by atoms with E-state index in [9.17, 15) is 14.4 Å². The summed E-state index contributed by atoms with van der Waals surface area (Å²) in [4.78, 5) is 33.9. The third kappa shape index (κ3) is 9.04. The fraction of sp³-hybridized carbons (Fsp3) is 0.769. The first-order chi connectivity index (χ1) is 8.65.